The number of hydrogen-bond donors (Lipinski definition) is 1. The van der Waals surface area contributed by atoms with Gasteiger partial charge in [-0.15, -0.1) is 0 Å². The monoisotopic (exact) mass is 343 g/mol. The van der Waals surface area contributed by atoms with Gasteiger partial charge in [0.15, 0.2) is 0 Å². The van der Waals surface area contributed by atoms with Crippen molar-refractivity contribution in [2.45, 2.75) is 39.7 Å². The molecule has 0 aliphatic heterocycles. The second-order valence-corrected chi connectivity index (χ2v) is 6.66. The number of methoxy groups -OCH3 is 1. The van der Waals surface area contributed by atoms with Crippen LogP contribution in [0.2, 0.25) is 0 Å². The molecule has 1 heterocycles. The Morgan fingerprint density at radius 2 is 1.88 bits per heavy atom. The van der Waals surface area contributed by atoms with E-state index in [2.05, 4.69) is 4.98 Å². The van der Waals surface area contributed by atoms with E-state index in [4.69, 9.17) is 9.47 Å². The first-order valence-corrected chi connectivity index (χ1v) is 8.24. The molecule has 0 unspecified atom stereocenters. The number of aromatic nitrogens is 1. The highest BCUT2D eigenvalue weighted by atomic mass is 16.5. The van der Waals surface area contributed by atoms with Gasteiger partial charge >= 0.3 is 5.97 Å². The number of nitrogens with zero attached hydrogens (tertiary/aromatic N) is 1. The quantitative estimate of drug-likeness (QED) is 0.810. The Balaban J connectivity index is 2.25. The molecule has 0 amide bonds. The fourth-order valence-electron chi connectivity index (χ4n) is 2.57. The number of aryl methyl sites for hydroxylation is 1. The molecule has 0 radical (unpaired) electrons. The minimum atomic E-state index is -0.763. The molecule has 0 saturated carbocycles. The molecular formula is C20H25NO4. The number of pyridine rings is 1. The average molecular weight is 343 g/mol. The molecule has 0 atom stereocenters. The number of hydrogen-bond acceptors (Lipinski definition) is 5. The van der Waals surface area contributed by atoms with Crippen LogP contribution in [0.25, 0.3) is 11.1 Å². The second kappa shape index (κ2) is 7.66. The average Bonchev–Trinajstić information content (AvgIpc) is 2.54. The number of benzene rings is 1. The van der Waals surface area contributed by atoms with Crippen molar-refractivity contribution in [3.8, 4) is 17.0 Å². The van der Waals surface area contributed by atoms with E-state index in [0.717, 1.165) is 22.4 Å². The predicted molar refractivity (Wildman–Crippen MR) is 96.9 cm³/mol. The van der Waals surface area contributed by atoms with Gasteiger partial charge in [-0.05, 0) is 51.0 Å². The zero-order chi connectivity index (χ0) is 18.6. The van der Waals surface area contributed by atoms with Crippen LogP contribution in [0.3, 0.4) is 0 Å². The van der Waals surface area contributed by atoms with Crippen LogP contribution in [0.5, 0.6) is 5.88 Å². The maximum absolute atomic E-state index is 11.9. The lowest BCUT2D eigenvalue weighted by Gasteiger charge is -2.17. The minimum absolute atomic E-state index is 0.350. The SMILES string of the molecule is COC(=O)c1cccc(-c2ccc(OCCC(C)(C)O)nc2C)c1C. The van der Waals surface area contributed by atoms with E-state index in [1.54, 1.807) is 26.0 Å². The molecule has 1 aromatic carbocycles. The second-order valence-electron chi connectivity index (χ2n) is 6.66. The summed E-state index contributed by atoms with van der Waals surface area (Å²) in [4.78, 5) is 16.4. The third-order valence-corrected chi connectivity index (χ3v) is 4.05. The summed E-state index contributed by atoms with van der Waals surface area (Å²) in [6, 6.07) is 9.28. The molecule has 0 spiro atoms. The fourth-order valence-corrected chi connectivity index (χ4v) is 2.57. The van der Waals surface area contributed by atoms with Crippen molar-refractivity contribution in [2.24, 2.45) is 0 Å². The molecule has 0 bridgehead atoms. The highest BCUT2D eigenvalue weighted by Crippen LogP contribution is 2.29. The number of ether oxygens (including phenoxy) is 2. The van der Waals surface area contributed by atoms with Gasteiger partial charge in [0.25, 0.3) is 0 Å². The van der Waals surface area contributed by atoms with Gasteiger partial charge in [0, 0.05) is 23.7 Å². The van der Waals surface area contributed by atoms with Crippen LogP contribution in [-0.2, 0) is 4.74 Å². The number of carbonyl (C=O) groups excluding carboxylic acids is 1. The maximum Gasteiger partial charge on any atom is 0.338 e. The molecule has 5 nitrogen and oxygen atoms in total. The van der Waals surface area contributed by atoms with Gasteiger partial charge in [0.2, 0.25) is 5.88 Å². The standard InChI is InChI=1S/C20H25NO4/c1-13-15(7-6-8-16(13)19(22)24-5)17-9-10-18(21-14(17)2)25-12-11-20(3,4)23/h6-10,23H,11-12H2,1-5H3. The Hall–Kier alpha value is -2.40. The smallest absolute Gasteiger partial charge is 0.338 e. The van der Waals surface area contributed by atoms with E-state index in [-0.39, 0.29) is 5.97 Å². The van der Waals surface area contributed by atoms with Crippen LogP contribution < -0.4 is 4.74 Å². The van der Waals surface area contributed by atoms with Crippen molar-refractivity contribution in [1.82, 2.24) is 4.98 Å². The Morgan fingerprint density at radius 1 is 1.16 bits per heavy atom. The Bertz CT molecular complexity index is 763. The summed E-state index contributed by atoms with van der Waals surface area (Å²) < 4.78 is 10.5. The van der Waals surface area contributed by atoms with Crippen molar-refractivity contribution >= 4 is 5.97 Å². The van der Waals surface area contributed by atoms with E-state index in [1.165, 1.54) is 7.11 Å². The molecule has 1 N–H and O–H groups in total. The first-order valence-electron chi connectivity index (χ1n) is 8.24. The van der Waals surface area contributed by atoms with Crippen LogP contribution in [-0.4, -0.2) is 35.4 Å². The van der Waals surface area contributed by atoms with Crippen LogP contribution in [0.15, 0.2) is 30.3 Å². The van der Waals surface area contributed by atoms with Gasteiger partial charge in [-0.2, -0.15) is 0 Å². The summed E-state index contributed by atoms with van der Waals surface area (Å²) in [5.74, 6) is 0.170. The fraction of sp³-hybridized carbons (Fsp3) is 0.400. The lowest BCUT2D eigenvalue weighted by molar-refractivity contribution is 0.0545. The van der Waals surface area contributed by atoms with E-state index in [9.17, 15) is 9.90 Å². The van der Waals surface area contributed by atoms with Crippen molar-refractivity contribution in [1.29, 1.82) is 0 Å². The lowest BCUT2D eigenvalue weighted by atomic mass is 9.95. The molecule has 5 heteroatoms. The summed E-state index contributed by atoms with van der Waals surface area (Å²) in [6.07, 6.45) is 0.524. The zero-order valence-electron chi connectivity index (χ0n) is 15.4. The number of carbonyl (C=O) groups is 1. The molecular weight excluding hydrogens is 318 g/mol. The summed E-state index contributed by atoms with van der Waals surface area (Å²) in [5.41, 5.74) is 3.33. The van der Waals surface area contributed by atoms with Crippen molar-refractivity contribution in [3.05, 3.63) is 47.2 Å². The summed E-state index contributed by atoms with van der Waals surface area (Å²) >= 11 is 0. The van der Waals surface area contributed by atoms with E-state index >= 15 is 0 Å². The first-order chi connectivity index (χ1) is 11.7. The van der Waals surface area contributed by atoms with E-state index in [1.807, 2.05) is 32.0 Å². The van der Waals surface area contributed by atoms with Crippen molar-refractivity contribution in [3.63, 3.8) is 0 Å². The molecule has 0 saturated heterocycles. The molecule has 2 rings (SSSR count). The number of esters is 1. The third-order valence-electron chi connectivity index (χ3n) is 4.05. The zero-order valence-corrected chi connectivity index (χ0v) is 15.4. The van der Waals surface area contributed by atoms with Gasteiger partial charge in [-0.3, -0.25) is 0 Å². The number of aliphatic hydroxyl groups is 1. The van der Waals surface area contributed by atoms with E-state index in [0.29, 0.717) is 24.5 Å². The van der Waals surface area contributed by atoms with Crippen LogP contribution in [0.4, 0.5) is 0 Å². The molecule has 134 valence electrons. The lowest BCUT2D eigenvalue weighted by Crippen LogP contribution is -2.22. The Labute approximate surface area is 148 Å². The topological polar surface area (TPSA) is 68.7 Å². The minimum Gasteiger partial charge on any atom is -0.478 e. The van der Waals surface area contributed by atoms with Gasteiger partial charge in [-0.1, -0.05) is 12.1 Å². The van der Waals surface area contributed by atoms with Crippen LogP contribution in [0.1, 0.15) is 41.9 Å². The third kappa shape index (κ3) is 4.79. The van der Waals surface area contributed by atoms with Crippen molar-refractivity contribution < 1.29 is 19.4 Å². The molecule has 0 aliphatic carbocycles. The predicted octanol–water partition coefficient (Wildman–Crippen LogP) is 3.69. The van der Waals surface area contributed by atoms with Gasteiger partial charge in [0.05, 0.1) is 24.9 Å². The largest absolute Gasteiger partial charge is 0.478 e. The molecule has 1 aromatic heterocycles. The molecule has 0 fully saturated rings. The summed E-state index contributed by atoms with van der Waals surface area (Å²) in [7, 11) is 1.38. The highest BCUT2D eigenvalue weighted by Gasteiger charge is 2.15. The molecule has 0 aliphatic rings. The van der Waals surface area contributed by atoms with Crippen molar-refractivity contribution in [2.75, 3.05) is 13.7 Å². The van der Waals surface area contributed by atoms with Gasteiger partial charge in [-0.25, -0.2) is 9.78 Å². The Morgan fingerprint density at radius 3 is 2.48 bits per heavy atom. The van der Waals surface area contributed by atoms with Gasteiger partial charge in [0.1, 0.15) is 0 Å². The van der Waals surface area contributed by atoms with Crippen LogP contribution in [0, 0.1) is 13.8 Å². The molecule has 2 aromatic rings. The highest BCUT2D eigenvalue weighted by molar-refractivity contribution is 5.93. The maximum atomic E-state index is 11.9. The molecule has 25 heavy (non-hydrogen) atoms. The van der Waals surface area contributed by atoms with E-state index < -0.39 is 5.60 Å². The van der Waals surface area contributed by atoms with Crippen LogP contribution >= 0.6 is 0 Å². The summed E-state index contributed by atoms with van der Waals surface area (Å²) in [5, 5.41) is 9.73. The Kier molecular flexibility index (Phi) is 5.80. The summed E-state index contributed by atoms with van der Waals surface area (Å²) in [6.45, 7) is 7.69. The number of rotatable bonds is 6. The normalized spacial score (nSPS) is 11.3. The van der Waals surface area contributed by atoms with Gasteiger partial charge < -0.3 is 14.6 Å². The first kappa shape index (κ1) is 18.9.